The summed E-state index contributed by atoms with van der Waals surface area (Å²) < 4.78 is 5.72. The first kappa shape index (κ1) is 17.8. The average molecular weight is 317 g/mol. The van der Waals surface area contributed by atoms with Gasteiger partial charge in [0.2, 0.25) is 0 Å². The molecular formula is C19H31N3O. The molecular weight excluding hydrogens is 286 g/mol. The fraction of sp³-hybridized carbons (Fsp3) is 0.632. The maximum Gasteiger partial charge on any atom is 0.193 e. The van der Waals surface area contributed by atoms with E-state index >= 15 is 0 Å². The summed E-state index contributed by atoms with van der Waals surface area (Å²) >= 11 is 0. The predicted octanol–water partition coefficient (Wildman–Crippen LogP) is 3.17. The van der Waals surface area contributed by atoms with E-state index in [0.717, 1.165) is 45.0 Å². The van der Waals surface area contributed by atoms with Gasteiger partial charge in [0.25, 0.3) is 0 Å². The first-order valence-electron chi connectivity index (χ1n) is 8.77. The van der Waals surface area contributed by atoms with Crippen LogP contribution < -0.4 is 5.32 Å². The minimum absolute atomic E-state index is 0.417. The lowest BCUT2D eigenvalue weighted by atomic mass is 10.00. The Morgan fingerprint density at radius 3 is 2.52 bits per heavy atom. The summed E-state index contributed by atoms with van der Waals surface area (Å²) in [5.74, 6) is 1.48. The van der Waals surface area contributed by atoms with Crippen molar-refractivity contribution in [2.45, 2.75) is 45.6 Å². The lowest BCUT2D eigenvalue weighted by molar-refractivity contribution is 0.0264. The highest BCUT2D eigenvalue weighted by Crippen LogP contribution is 2.16. The standard InChI is InChI=1S/C19H31N3O/c1-5-23-18-10-12-22(13-11-18)19(20-4)21-14-16(3)17-8-6-15(2)7-9-17/h6-9,16,18H,5,10-14H2,1-4H3,(H,20,21). The van der Waals surface area contributed by atoms with Crippen molar-refractivity contribution >= 4 is 5.96 Å². The molecule has 0 amide bonds. The van der Waals surface area contributed by atoms with Gasteiger partial charge in [-0.05, 0) is 38.2 Å². The van der Waals surface area contributed by atoms with Gasteiger partial charge in [-0.2, -0.15) is 0 Å². The molecule has 23 heavy (non-hydrogen) atoms. The normalized spacial score (nSPS) is 18.1. The number of aryl methyl sites for hydroxylation is 1. The summed E-state index contributed by atoms with van der Waals surface area (Å²) in [6, 6.07) is 8.80. The molecule has 1 aliphatic rings. The third-order valence-electron chi connectivity index (χ3n) is 4.57. The third-order valence-corrected chi connectivity index (χ3v) is 4.57. The van der Waals surface area contributed by atoms with Crippen molar-refractivity contribution < 1.29 is 4.74 Å². The summed E-state index contributed by atoms with van der Waals surface area (Å²) in [4.78, 5) is 6.80. The zero-order valence-corrected chi connectivity index (χ0v) is 15.0. The van der Waals surface area contributed by atoms with E-state index in [0.29, 0.717) is 12.0 Å². The maximum atomic E-state index is 5.72. The molecule has 1 N–H and O–H groups in total. The van der Waals surface area contributed by atoms with Crippen molar-refractivity contribution in [1.29, 1.82) is 0 Å². The molecule has 4 nitrogen and oxygen atoms in total. The molecule has 2 rings (SSSR count). The molecule has 4 heteroatoms. The summed E-state index contributed by atoms with van der Waals surface area (Å²) in [5, 5.41) is 3.53. The van der Waals surface area contributed by atoms with Gasteiger partial charge in [0.1, 0.15) is 0 Å². The Morgan fingerprint density at radius 2 is 1.96 bits per heavy atom. The second-order valence-corrected chi connectivity index (χ2v) is 6.38. The lowest BCUT2D eigenvalue weighted by Gasteiger charge is -2.34. The molecule has 1 atom stereocenters. The Balaban J connectivity index is 1.82. The van der Waals surface area contributed by atoms with Crippen molar-refractivity contribution in [3.05, 3.63) is 35.4 Å². The zero-order chi connectivity index (χ0) is 16.7. The zero-order valence-electron chi connectivity index (χ0n) is 15.0. The predicted molar refractivity (Wildman–Crippen MR) is 97.2 cm³/mol. The molecule has 1 unspecified atom stereocenters. The van der Waals surface area contributed by atoms with Crippen molar-refractivity contribution in [3.63, 3.8) is 0 Å². The number of hydrogen-bond donors (Lipinski definition) is 1. The number of hydrogen-bond acceptors (Lipinski definition) is 2. The lowest BCUT2D eigenvalue weighted by Crippen LogP contribution is -2.47. The minimum atomic E-state index is 0.417. The summed E-state index contributed by atoms with van der Waals surface area (Å²) in [6.45, 7) is 10.2. The number of nitrogens with one attached hydrogen (secondary N) is 1. The van der Waals surface area contributed by atoms with Crippen LogP contribution in [-0.2, 0) is 4.74 Å². The maximum absolute atomic E-state index is 5.72. The van der Waals surface area contributed by atoms with Gasteiger partial charge >= 0.3 is 0 Å². The molecule has 0 aliphatic carbocycles. The van der Waals surface area contributed by atoms with Crippen LogP contribution in [0.15, 0.2) is 29.3 Å². The van der Waals surface area contributed by atoms with Crippen LogP contribution >= 0.6 is 0 Å². The van der Waals surface area contributed by atoms with E-state index in [4.69, 9.17) is 4.74 Å². The van der Waals surface area contributed by atoms with Crippen LogP contribution in [0, 0.1) is 6.92 Å². The van der Waals surface area contributed by atoms with Gasteiger partial charge in [-0.1, -0.05) is 36.8 Å². The Kier molecular flexibility index (Phi) is 6.90. The Morgan fingerprint density at radius 1 is 1.30 bits per heavy atom. The van der Waals surface area contributed by atoms with Gasteiger partial charge < -0.3 is 15.0 Å². The summed E-state index contributed by atoms with van der Waals surface area (Å²) in [5.41, 5.74) is 2.68. The van der Waals surface area contributed by atoms with E-state index in [-0.39, 0.29) is 0 Å². The molecule has 1 fully saturated rings. The van der Waals surface area contributed by atoms with Crippen LogP contribution in [0.3, 0.4) is 0 Å². The SMILES string of the molecule is CCOC1CCN(C(=NC)NCC(C)c2ccc(C)cc2)CC1. The Hall–Kier alpha value is -1.55. The third kappa shape index (κ3) is 5.24. The van der Waals surface area contributed by atoms with Gasteiger partial charge in [-0.25, -0.2) is 0 Å². The molecule has 0 saturated carbocycles. The van der Waals surface area contributed by atoms with Crippen LogP contribution in [-0.4, -0.2) is 50.3 Å². The number of ether oxygens (including phenoxy) is 1. The first-order valence-corrected chi connectivity index (χ1v) is 8.77. The van der Waals surface area contributed by atoms with E-state index < -0.39 is 0 Å². The van der Waals surface area contributed by atoms with Gasteiger partial charge in [0, 0.05) is 33.3 Å². The number of guanidine groups is 1. The number of likely N-dealkylation sites (tertiary alicyclic amines) is 1. The number of aliphatic imine (C=N–C) groups is 1. The largest absolute Gasteiger partial charge is 0.378 e. The van der Waals surface area contributed by atoms with Crippen molar-refractivity contribution in [3.8, 4) is 0 Å². The molecule has 1 aromatic carbocycles. The van der Waals surface area contributed by atoms with Gasteiger partial charge in [0.05, 0.1) is 6.10 Å². The smallest absolute Gasteiger partial charge is 0.193 e. The highest BCUT2D eigenvalue weighted by atomic mass is 16.5. The van der Waals surface area contributed by atoms with E-state index in [1.54, 1.807) is 0 Å². The Labute approximate surface area is 140 Å². The number of benzene rings is 1. The van der Waals surface area contributed by atoms with Crippen molar-refractivity contribution in [1.82, 2.24) is 10.2 Å². The molecule has 0 bridgehead atoms. The molecule has 1 saturated heterocycles. The summed E-state index contributed by atoms with van der Waals surface area (Å²) in [7, 11) is 1.87. The van der Waals surface area contributed by atoms with Crippen molar-refractivity contribution in [2.24, 2.45) is 4.99 Å². The molecule has 0 spiro atoms. The summed E-state index contributed by atoms with van der Waals surface area (Å²) in [6.07, 6.45) is 2.59. The van der Waals surface area contributed by atoms with Crippen LogP contribution in [0.4, 0.5) is 0 Å². The minimum Gasteiger partial charge on any atom is -0.378 e. The second kappa shape index (κ2) is 8.92. The number of nitrogens with zero attached hydrogens (tertiary/aromatic N) is 2. The van der Waals surface area contributed by atoms with E-state index in [1.807, 2.05) is 7.05 Å². The van der Waals surface area contributed by atoms with Crippen LogP contribution in [0.1, 0.15) is 43.7 Å². The molecule has 128 valence electrons. The van der Waals surface area contributed by atoms with Crippen LogP contribution in [0.2, 0.25) is 0 Å². The molecule has 0 aromatic heterocycles. The van der Waals surface area contributed by atoms with E-state index in [1.165, 1.54) is 11.1 Å². The van der Waals surface area contributed by atoms with Crippen LogP contribution in [0.25, 0.3) is 0 Å². The quantitative estimate of drug-likeness (QED) is 0.669. The second-order valence-electron chi connectivity index (χ2n) is 6.38. The highest BCUT2D eigenvalue weighted by molar-refractivity contribution is 5.80. The van der Waals surface area contributed by atoms with E-state index in [9.17, 15) is 0 Å². The van der Waals surface area contributed by atoms with Gasteiger partial charge in [-0.15, -0.1) is 0 Å². The fourth-order valence-corrected chi connectivity index (χ4v) is 3.06. The van der Waals surface area contributed by atoms with Crippen molar-refractivity contribution in [2.75, 3.05) is 33.3 Å². The Bertz CT molecular complexity index is 490. The molecule has 1 aliphatic heterocycles. The average Bonchev–Trinajstić information content (AvgIpc) is 2.57. The van der Waals surface area contributed by atoms with Gasteiger partial charge in [-0.3, -0.25) is 4.99 Å². The highest BCUT2D eigenvalue weighted by Gasteiger charge is 2.21. The number of piperidine rings is 1. The fourth-order valence-electron chi connectivity index (χ4n) is 3.06. The number of rotatable bonds is 5. The monoisotopic (exact) mass is 317 g/mol. The molecule has 1 heterocycles. The first-order chi connectivity index (χ1) is 11.1. The topological polar surface area (TPSA) is 36.9 Å². The van der Waals surface area contributed by atoms with Crippen LogP contribution in [0.5, 0.6) is 0 Å². The van der Waals surface area contributed by atoms with Gasteiger partial charge in [0.15, 0.2) is 5.96 Å². The molecule has 0 radical (unpaired) electrons. The van der Waals surface area contributed by atoms with E-state index in [2.05, 4.69) is 60.2 Å². The molecule has 1 aromatic rings.